The molecule has 0 saturated carbocycles. The average Bonchev–Trinajstić information content (AvgIpc) is 2.26. The third-order valence-corrected chi connectivity index (χ3v) is 2.17. The van der Waals surface area contributed by atoms with Crippen molar-refractivity contribution in [1.29, 1.82) is 0 Å². The predicted octanol–water partition coefficient (Wildman–Crippen LogP) is 2.99. The van der Waals surface area contributed by atoms with Crippen molar-refractivity contribution in [2.24, 2.45) is 5.73 Å². The van der Waals surface area contributed by atoms with Crippen LogP contribution in [0.15, 0.2) is 48.1 Å². The van der Waals surface area contributed by atoms with Gasteiger partial charge in [0.25, 0.3) is 0 Å². The van der Waals surface area contributed by atoms with Crippen LogP contribution < -0.4 is 5.73 Å². The van der Waals surface area contributed by atoms with Crippen molar-refractivity contribution < 1.29 is 0 Å². The Morgan fingerprint density at radius 3 is 2.36 bits per heavy atom. The molecule has 0 aliphatic rings. The third kappa shape index (κ3) is 3.19. The Labute approximate surface area is 85.9 Å². The molecule has 1 heteroatoms. The molecule has 0 aliphatic carbocycles. The molecule has 0 aromatic heterocycles. The van der Waals surface area contributed by atoms with E-state index in [0.717, 1.165) is 0 Å². The standard InChI is InChI=1S/C13H17N/c1-11(10-14)8-9-12(2)13-6-4-3-5-7-13/h3-9H,10,14H2,1-2H3/b11-8+,12-9+. The fourth-order valence-corrected chi connectivity index (χ4v) is 1.13. The Morgan fingerprint density at radius 1 is 1.14 bits per heavy atom. The smallest absolute Gasteiger partial charge is 0.0137 e. The van der Waals surface area contributed by atoms with E-state index in [-0.39, 0.29) is 0 Å². The number of rotatable bonds is 3. The molecule has 74 valence electrons. The Kier molecular flexibility index (Phi) is 4.14. The maximum atomic E-state index is 5.50. The summed E-state index contributed by atoms with van der Waals surface area (Å²) in [5.41, 5.74) is 9.21. The van der Waals surface area contributed by atoms with E-state index in [9.17, 15) is 0 Å². The van der Waals surface area contributed by atoms with E-state index < -0.39 is 0 Å². The van der Waals surface area contributed by atoms with Crippen LogP contribution in [-0.2, 0) is 0 Å². The van der Waals surface area contributed by atoms with Crippen LogP contribution in [0.5, 0.6) is 0 Å². The van der Waals surface area contributed by atoms with Gasteiger partial charge in [0.15, 0.2) is 0 Å². The summed E-state index contributed by atoms with van der Waals surface area (Å²) in [6.45, 7) is 4.77. The molecule has 1 aromatic rings. The fourth-order valence-electron chi connectivity index (χ4n) is 1.13. The van der Waals surface area contributed by atoms with E-state index in [1.165, 1.54) is 16.7 Å². The summed E-state index contributed by atoms with van der Waals surface area (Å²) >= 11 is 0. The first kappa shape index (κ1) is 10.7. The van der Waals surface area contributed by atoms with Crippen LogP contribution in [0.2, 0.25) is 0 Å². The average molecular weight is 187 g/mol. The monoisotopic (exact) mass is 187 g/mol. The first-order valence-corrected chi connectivity index (χ1v) is 4.83. The molecule has 0 aliphatic heterocycles. The first-order chi connectivity index (χ1) is 6.74. The van der Waals surface area contributed by atoms with Crippen molar-refractivity contribution in [1.82, 2.24) is 0 Å². The maximum absolute atomic E-state index is 5.50. The zero-order chi connectivity index (χ0) is 10.4. The van der Waals surface area contributed by atoms with Crippen LogP contribution in [0.25, 0.3) is 5.57 Å². The Bertz CT molecular complexity index is 334. The van der Waals surface area contributed by atoms with Gasteiger partial charge in [-0.15, -0.1) is 0 Å². The molecule has 1 nitrogen and oxygen atoms in total. The molecule has 14 heavy (non-hydrogen) atoms. The van der Waals surface area contributed by atoms with E-state index in [1.807, 2.05) is 25.1 Å². The van der Waals surface area contributed by atoms with Crippen LogP contribution in [0.4, 0.5) is 0 Å². The summed E-state index contributed by atoms with van der Waals surface area (Å²) in [4.78, 5) is 0. The van der Waals surface area contributed by atoms with E-state index >= 15 is 0 Å². The first-order valence-electron chi connectivity index (χ1n) is 4.83. The van der Waals surface area contributed by atoms with Gasteiger partial charge in [-0.2, -0.15) is 0 Å². The van der Waals surface area contributed by atoms with E-state index in [4.69, 9.17) is 5.73 Å². The lowest BCUT2D eigenvalue weighted by molar-refractivity contribution is 1.14. The van der Waals surface area contributed by atoms with Crippen molar-refractivity contribution in [3.8, 4) is 0 Å². The molecule has 0 saturated heterocycles. The van der Waals surface area contributed by atoms with Gasteiger partial charge in [0.2, 0.25) is 0 Å². The summed E-state index contributed by atoms with van der Waals surface area (Å²) in [5.74, 6) is 0. The fraction of sp³-hybridized carbons (Fsp3) is 0.231. The normalized spacial score (nSPS) is 13.1. The van der Waals surface area contributed by atoms with Gasteiger partial charge in [-0.3, -0.25) is 0 Å². The summed E-state index contributed by atoms with van der Waals surface area (Å²) < 4.78 is 0. The van der Waals surface area contributed by atoms with Crippen molar-refractivity contribution in [3.63, 3.8) is 0 Å². The summed E-state index contributed by atoms with van der Waals surface area (Å²) in [6.07, 6.45) is 4.18. The molecule has 0 radical (unpaired) electrons. The van der Waals surface area contributed by atoms with Crippen molar-refractivity contribution in [2.75, 3.05) is 6.54 Å². The highest BCUT2D eigenvalue weighted by molar-refractivity contribution is 5.65. The number of benzene rings is 1. The summed E-state index contributed by atoms with van der Waals surface area (Å²) in [5, 5.41) is 0. The quantitative estimate of drug-likeness (QED) is 0.723. The SMILES string of the molecule is C/C(=C\C=C(/C)c1ccccc1)CN. The highest BCUT2D eigenvalue weighted by Gasteiger charge is 1.91. The zero-order valence-electron chi connectivity index (χ0n) is 8.83. The van der Waals surface area contributed by atoms with E-state index in [1.54, 1.807) is 0 Å². The molecular weight excluding hydrogens is 170 g/mol. The summed E-state index contributed by atoms with van der Waals surface area (Å²) in [7, 11) is 0. The third-order valence-electron chi connectivity index (χ3n) is 2.17. The van der Waals surface area contributed by atoms with E-state index in [0.29, 0.717) is 6.54 Å². The maximum Gasteiger partial charge on any atom is 0.0137 e. The predicted molar refractivity (Wildman–Crippen MR) is 62.9 cm³/mol. The van der Waals surface area contributed by atoms with Gasteiger partial charge in [-0.1, -0.05) is 48.1 Å². The number of hydrogen-bond donors (Lipinski definition) is 1. The van der Waals surface area contributed by atoms with Gasteiger partial charge in [0.1, 0.15) is 0 Å². The molecule has 0 bridgehead atoms. The molecule has 0 heterocycles. The minimum absolute atomic E-state index is 0.624. The largest absolute Gasteiger partial charge is 0.327 e. The second-order valence-electron chi connectivity index (χ2n) is 3.43. The molecule has 2 N–H and O–H groups in total. The molecule has 0 spiro atoms. The van der Waals surface area contributed by atoms with Gasteiger partial charge >= 0.3 is 0 Å². The molecule has 0 amide bonds. The van der Waals surface area contributed by atoms with Crippen molar-refractivity contribution >= 4 is 5.57 Å². The number of nitrogens with two attached hydrogens (primary N) is 1. The van der Waals surface area contributed by atoms with Gasteiger partial charge < -0.3 is 5.73 Å². The molecule has 0 fully saturated rings. The van der Waals surface area contributed by atoms with Gasteiger partial charge in [0, 0.05) is 6.54 Å². The highest BCUT2D eigenvalue weighted by atomic mass is 14.5. The molecular formula is C13H17N. The van der Waals surface area contributed by atoms with Crippen LogP contribution >= 0.6 is 0 Å². The molecule has 1 aromatic carbocycles. The second-order valence-corrected chi connectivity index (χ2v) is 3.43. The van der Waals surface area contributed by atoms with Crippen LogP contribution in [-0.4, -0.2) is 6.54 Å². The minimum Gasteiger partial charge on any atom is -0.327 e. The van der Waals surface area contributed by atoms with Crippen LogP contribution in [0, 0.1) is 0 Å². The number of hydrogen-bond acceptors (Lipinski definition) is 1. The topological polar surface area (TPSA) is 26.0 Å². The molecule has 1 rings (SSSR count). The lowest BCUT2D eigenvalue weighted by atomic mass is 10.1. The van der Waals surface area contributed by atoms with Crippen molar-refractivity contribution in [3.05, 3.63) is 53.6 Å². The summed E-state index contributed by atoms with van der Waals surface area (Å²) in [6, 6.07) is 10.3. The van der Waals surface area contributed by atoms with Gasteiger partial charge in [0.05, 0.1) is 0 Å². The molecule has 0 unspecified atom stereocenters. The highest BCUT2D eigenvalue weighted by Crippen LogP contribution is 2.12. The Balaban J connectivity index is 2.81. The second kappa shape index (κ2) is 5.40. The van der Waals surface area contributed by atoms with Crippen LogP contribution in [0.3, 0.4) is 0 Å². The Morgan fingerprint density at radius 2 is 1.79 bits per heavy atom. The molecule has 0 atom stereocenters. The minimum atomic E-state index is 0.624. The zero-order valence-corrected chi connectivity index (χ0v) is 8.83. The lowest BCUT2D eigenvalue weighted by Crippen LogP contribution is -1.98. The van der Waals surface area contributed by atoms with Crippen molar-refractivity contribution in [2.45, 2.75) is 13.8 Å². The van der Waals surface area contributed by atoms with Gasteiger partial charge in [-0.05, 0) is 25.0 Å². The van der Waals surface area contributed by atoms with Gasteiger partial charge in [-0.25, -0.2) is 0 Å². The lowest BCUT2D eigenvalue weighted by Gasteiger charge is -1.99. The number of allylic oxidation sites excluding steroid dienone is 3. The van der Waals surface area contributed by atoms with E-state index in [2.05, 4.69) is 31.2 Å². The Hall–Kier alpha value is -1.34. The van der Waals surface area contributed by atoms with Crippen LogP contribution in [0.1, 0.15) is 19.4 Å².